The summed E-state index contributed by atoms with van der Waals surface area (Å²) in [6, 6.07) is 23.0. The van der Waals surface area contributed by atoms with Gasteiger partial charge in [0.1, 0.15) is 0 Å². The molecule has 4 aromatic rings. The quantitative estimate of drug-likeness (QED) is 0.294. The number of aliphatic imine (C=N–C) groups is 1. The third-order valence-corrected chi connectivity index (χ3v) is 7.37. The number of amides is 1. The van der Waals surface area contributed by atoms with Crippen LogP contribution >= 0.6 is 11.6 Å². The van der Waals surface area contributed by atoms with E-state index in [9.17, 15) is 9.90 Å². The van der Waals surface area contributed by atoms with Crippen LogP contribution in [0.4, 0.5) is 11.4 Å². The first kappa shape index (κ1) is 26.9. The maximum Gasteiger partial charge on any atom is 0.241 e. The Morgan fingerprint density at radius 1 is 1.03 bits per heavy atom. The van der Waals surface area contributed by atoms with Gasteiger partial charge < -0.3 is 19.9 Å². The Bertz CT molecular complexity index is 1470. The number of nitrogens with zero attached hydrogens (tertiary/aromatic N) is 4. The SMILES string of the molecule is CC(C)N(C(=O)CN1CCN(C)CC1)c1ccc(N=C(c2ccccc2)c2c(O)[nH]c3cc(Cl)ccc23)cc1. The van der Waals surface area contributed by atoms with Crippen molar-refractivity contribution in [1.82, 2.24) is 14.8 Å². The van der Waals surface area contributed by atoms with E-state index in [0.29, 0.717) is 22.8 Å². The highest BCUT2D eigenvalue weighted by atomic mass is 35.5. The minimum Gasteiger partial charge on any atom is -0.494 e. The molecule has 1 aromatic heterocycles. The number of likely N-dealkylation sites (N-methyl/N-ethyl adjacent to an activating group) is 1. The minimum absolute atomic E-state index is 0.0224. The van der Waals surface area contributed by atoms with Crippen LogP contribution in [-0.4, -0.2) is 77.3 Å². The van der Waals surface area contributed by atoms with Crippen LogP contribution in [0.3, 0.4) is 0 Å². The Morgan fingerprint density at radius 2 is 1.72 bits per heavy atom. The fraction of sp³-hybridized carbons (Fsp3) is 0.290. The predicted octanol–water partition coefficient (Wildman–Crippen LogP) is 5.68. The van der Waals surface area contributed by atoms with Crippen LogP contribution in [0.25, 0.3) is 10.9 Å². The number of nitrogens with one attached hydrogen (secondary N) is 1. The molecule has 2 heterocycles. The highest BCUT2D eigenvalue weighted by Crippen LogP contribution is 2.33. The number of fused-ring (bicyclic) bond motifs is 1. The summed E-state index contributed by atoms with van der Waals surface area (Å²) in [4.78, 5) is 27.7. The summed E-state index contributed by atoms with van der Waals surface area (Å²) in [5, 5.41) is 12.3. The molecule has 0 radical (unpaired) electrons. The summed E-state index contributed by atoms with van der Waals surface area (Å²) in [6.45, 7) is 8.23. The largest absolute Gasteiger partial charge is 0.494 e. The monoisotopic (exact) mass is 543 g/mol. The fourth-order valence-electron chi connectivity index (χ4n) is 5.08. The highest BCUT2D eigenvalue weighted by molar-refractivity contribution is 6.31. The van der Waals surface area contributed by atoms with E-state index in [1.807, 2.05) is 79.4 Å². The zero-order chi connectivity index (χ0) is 27.5. The van der Waals surface area contributed by atoms with Gasteiger partial charge in [0.2, 0.25) is 5.91 Å². The van der Waals surface area contributed by atoms with Crippen LogP contribution in [-0.2, 0) is 4.79 Å². The number of H-pyrrole nitrogens is 1. The van der Waals surface area contributed by atoms with Crippen molar-refractivity contribution in [2.45, 2.75) is 19.9 Å². The average Bonchev–Trinajstić information content (AvgIpc) is 3.24. The second-order valence-electron chi connectivity index (χ2n) is 10.3. The molecule has 0 unspecified atom stereocenters. The molecule has 3 aromatic carbocycles. The molecule has 1 fully saturated rings. The Kier molecular flexibility index (Phi) is 8.02. The van der Waals surface area contributed by atoms with Gasteiger partial charge in [-0.25, -0.2) is 4.99 Å². The van der Waals surface area contributed by atoms with E-state index < -0.39 is 0 Å². The van der Waals surface area contributed by atoms with Gasteiger partial charge >= 0.3 is 0 Å². The number of benzene rings is 3. The molecule has 1 amide bonds. The number of hydrogen-bond donors (Lipinski definition) is 2. The van der Waals surface area contributed by atoms with E-state index in [1.165, 1.54) is 0 Å². The average molecular weight is 544 g/mol. The van der Waals surface area contributed by atoms with Gasteiger partial charge in [-0.15, -0.1) is 0 Å². The van der Waals surface area contributed by atoms with E-state index in [-0.39, 0.29) is 17.8 Å². The van der Waals surface area contributed by atoms with Gasteiger partial charge in [0, 0.05) is 53.9 Å². The Morgan fingerprint density at radius 3 is 2.38 bits per heavy atom. The summed E-state index contributed by atoms with van der Waals surface area (Å²) in [5.41, 5.74) is 4.42. The van der Waals surface area contributed by atoms with Gasteiger partial charge in [0.05, 0.1) is 29.0 Å². The van der Waals surface area contributed by atoms with Crippen molar-refractivity contribution in [1.29, 1.82) is 0 Å². The normalized spacial score (nSPS) is 15.3. The molecule has 5 rings (SSSR count). The zero-order valence-electron chi connectivity index (χ0n) is 22.6. The third kappa shape index (κ3) is 6.01. The standard InChI is InChI=1S/C31H34ClN5O2/c1-21(2)37(28(38)20-36-17-15-35(3)16-18-36)25-12-10-24(11-13-25)33-30(22-7-5-4-6-8-22)29-26-14-9-23(32)19-27(26)34-31(29)39/h4-14,19,21,34,39H,15-18,20H2,1-3H3. The molecule has 0 atom stereocenters. The number of carbonyl (C=O) groups excluding carboxylic acids is 1. The zero-order valence-corrected chi connectivity index (χ0v) is 23.3. The van der Waals surface area contributed by atoms with Crippen LogP contribution < -0.4 is 4.90 Å². The summed E-state index contributed by atoms with van der Waals surface area (Å²) >= 11 is 6.19. The van der Waals surface area contributed by atoms with E-state index in [0.717, 1.165) is 54.0 Å². The number of hydrogen-bond acceptors (Lipinski definition) is 5. The van der Waals surface area contributed by atoms with Gasteiger partial charge in [-0.3, -0.25) is 9.69 Å². The van der Waals surface area contributed by atoms with Crippen molar-refractivity contribution in [3.8, 4) is 5.88 Å². The number of aromatic nitrogens is 1. The van der Waals surface area contributed by atoms with Gasteiger partial charge in [-0.2, -0.15) is 0 Å². The van der Waals surface area contributed by atoms with Crippen LogP contribution in [0.5, 0.6) is 5.88 Å². The third-order valence-electron chi connectivity index (χ3n) is 7.13. The van der Waals surface area contributed by atoms with Crippen LogP contribution in [0.2, 0.25) is 5.02 Å². The maximum absolute atomic E-state index is 13.3. The molecule has 1 saturated heterocycles. The predicted molar refractivity (Wildman–Crippen MR) is 160 cm³/mol. The molecule has 202 valence electrons. The Hall–Kier alpha value is -3.65. The van der Waals surface area contributed by atoms with Crippen molar-refractivity contribution in [2.24, 2.45) is 4.99 Å². The van der Waals surface area contributed by atoms with Gasteiger partial charge in [-0.05, 0) is 57.3 Å². The van der Waals surface area contributed by atoms with Crippen molar-refractivity contribution in [3.63, 3.8) is 0 Å². The minimum atomic E-state index is 0.0224. The lowest BCUT2D eigenvalue weighted by atomic mass is 10.0. The molecule has 2 N–H and O–H groups in total. The number of halogens is 1. The van der Waals surface area contributed by atoms with Gasteiger partial charge in [0.25, 0.3) is 0 Å². The molecule has 7 nitrogen and oxygen atoms in total. The second kappa shape index (κ2) is 11.6. The summed E-state index contributed by atoms with van der Waals surface area (Å²) in [6.07, 6.45) is 0. The summed E-state index contributed by atoms with van der Waals surface area (Å²) in [7, 11) is 2.11. The Balaban J connectivity index is 1.47. The molecular formula is C31H34ClN5O2. The van der Waals surface area contributed by atoms with Crippen LogP contribution in [0.1, 0.15) is 25.0 Å². The van der Waals surface area contributed by atoms with E-state index >= 15 is 0 Å². The molecule has 0 bridgehead atoms. The number of carbonyl (C=O) groups is 1. The molecule has 1 aliphatic rings. The molecule has 0 saturated carbocycles. The fourth-order valence-corrected chi connectivity index (χ4v) is 5.25. The lowest BCUT2D eigenvalue weighted by molar-refractivity contribution is -0.120. The van der Waals surface area contributed by atoms with E-state index in [1.54, 1.807) is 12.1 Å². The second-order valence-corrected chi connectivity index (χ2v) is 10.8. The van der Waals surface area contributed by atoms with Gasteiger partial charge in [0.15, 0.2) is 5.88 Å². The molecule has 0 aliphatic carbocycles. The maximum atomic E-state index is 13.3. The number of aromatic amines is 1. The van der Waals surface area contributed by atoms with Crippen LogP contribution in [0.15, 0.2) is 77.8 Å². The van der Waals surface area contributed by atoms with Crippen molar-refractivity contribution < 1.29 is 9.90 Å². The molecule has 8 heteroatoms. The number of rotatable bonds is 7. The van der Waals surface area contributed by atoms with Gasteiger partial charge in [-0.1, -0.05) is 48.0 Å². The van der Waals surface area contributed by atoms with Crippen LogP contribution in [0, 0.1) is 0 Å². The summed E-state index contributed by atoms with van der Waals surface area (Å²) < 4.78 is 0. The van der Waals surface area contributed by atoms with E-state index in [2.05, 4.69) is 21.8 Å². The lowest BCUT2D eigenvalue weighted by Gasteiger charge is -2.34. The first-order valence-corrected chi connectivity index (χ1v) is 13.7. The first-order valence-electron chi connectivity index (χ1n) is 13.3. The Labute approximate surface area is 234 Å². The smallest absolute Gasteiger partial charge is 0.241 e. The van der Waals surface area contributed by atoms with Crippen molar-refractivity contribution in [2.75, 3.05) is 44.7 Å². The number of anilines is 1. The molecule has 39 heavy (non-hydrogen) atoms. The number of piperazine rings is 1. The number of aromatic hydroxyl groups is 1. The van der Waals surface area contributed by atoms with Crippen molar-refractivity contribution in [3.05, 3.63) is 88.9 Å². The molecular weight excluding hydrogens is 510 g/mol. The summed E-state index contributed by atoms with van der Waals surface area (Å²) in [5.74, 6) is 0.130. The van der Waals surface area contributed by atoms with E-state index in [4.69, 9.17) is 16.6 Å². The first-order chi connectivity index (χ1) is 18.8. The molecule has 1 aliphatic heterocycles. The van der Waals surface area contributed by atoms with Crippen molar-refractivity contribution >= 4 is 45.5 Å². The lowest BCUT2D eigenvalue weighted by Crippen LogP contribution is -2.50. The highest BCUT2D eigenvalue weighted by Gasteiger charge is 2.24. The molecule has 0 spiro atoms. The topological polar surface area (TPSA) is 75.2 Å².